The minimum atomic E-state index is 0.356. The van der Waals surface area contributed by atoms with Crippen molar-refractivity contribution in [2.75, 3.05) is 5.32 Å². The summed E-state index contributed by atoms with van der Waals surface area (Å²) < 4.78 is 0. The number of hydrogen-bond donors (Lipinski definition) is 1. The maximum atomic E-state index is 3.97. The third-order valence-electron chi connectivity index (χ3n) is 2.01. The van der Waals surface area contributed by atoms with Gasteiger partial charge in [0.2, 0.25) is 5.13 Å². The van der Waals surface area contributed by atoms with E-state index in [-0.39, 0.29) is 0 Å². The third-order valence-corrected chi connectivity index (χ3v) is 3.34. The Kier molecular flexibility index (Phi) is 3.10. The Morgan fingerprint density at radius 2 is 2.50 bits per heavy atom. The summed E-state index contributed by atoms with van der Waals surface area (Å²) in [6.07, 6.45) is 1.05. The Labute approximate surface area is 90.8 Å². The van der Waals surface area contributed by atoms with Crippen molar-refractivity contribution in [3.8, 4) is 0 Å². The molecule has 0 aliphatic rings. The van der Waals surface area contributed by atoms with Gasteiger partial charge in [0.15, 0.2) is 0 Å². The van der Waals surface area contributed by atoms with Crippen molar-refractivity contribution in [2.45, 2.75) is 19.4 Å². The minimum Gasteiger partial charge on any atom is -0.353 e. The topological polar surface area (TPSA) is 37.8 Å². The normalized spacial score (nSPS) is 12.6. The molecule has 5 heteroatoms. The molecule has 0 radical (unpaired) electrons. The Hall–Kier alpha value is -0.940. The number of thiophene rings is 1. The summed E-state index contributed by atoms with van der Waals surface area (Å²) >= 11 is 3.26. The smallest absolute Gasteiger partial charge is 0.205 e. The molecule has 0 aliphatic heterocycles. The summed E-state index contributed by atoms with van der Waals surface area (Å²) in [5, 5.41) is 16.3. The lowest BCUT2D eigenvalue weighted by atomic mass is 10.1. The van der Waals surface area contributed by atoms with Crippen LogP contribution in [0, 0.1) is 0 Å². The van der Waals surface area contributed by atoms with Crippen molar-refractivity contribution >= 4 is 27.8 Å². The molecule has 0 aliphatic carbocycles. The van der Waals surface area contributed by atoms with Gasteiger partial charge < -0.3 is 5.32 Å². The fraction of sp³-hybridized carbons (Fsp3) is 0.333. The van der Waals surface area contributed by atoms with Crippen LogP contribution in [0.4, 0.5) is 5.13 Å². The largest absolute Gasteiger partial charge is 0.353 e. The summed E-state index contributed by atoms with van der Waals surface area (Å²) in [5.74, 6) is 0. The number of rotatable bonds is 4. The summed E-state index contributed by atoms with van der Waals surface area (Å²) in [6.45, 7) is 2.16. The third kappa shape index (κ3) is 2.10. The van der Waals surface area contributed by atoms with E-state index in [0.29, 0.717) is 6.04 Å². The van der Waals surface area contributed by atoms with Crippen molar-refractivity contribution in [3.05, 3.63) is 27.9 Å². The molecule has 2 heterocycles. The fourth-order valence-electron chi connectivity index (χ4n) is 1.28. The van der Waals surface area contributed by atoms with Crippen molar-refractivity contribution in [1.29, 1.82) is 0 Å². The van der Waals surface area contributed by atoms with Gasteiger partial charge in [-0.25, -0.2) is 0 Å². The second kappa shape index (κ2) is 4.52. The van der Waals surface area contributed by atoms with Crippen LogP contribution in [0.15, 0.2) is 22.3 Å². The van der Waals surface area contributed by atoms with Crippen LogP contribution in [0.5, 0.6) is 0 Å². The zero-order valence-corrected chi connectivity index (χ0v) is 9.44. The summed E-state index contributed by atoms with van der Waals surface area (Å²) in [4.78, 5) is 0. The van der Waals surface area contributed by atoms with Gasteiger partial charge in [-0.05, 0) is 28.8 Å². The van der Waals surface area contributed by atoms with Crippen LogP contribution >= 0.6 is 22.7 Å². The van der Waals surface area contributed by atoms with Crippen LogP contribution in [-0.2, 0) is 0 Å². The van der Waals surface area contributed by atoms with E-state index in [1.54, 1.807) is 16.8 Å². The molecular formula is C9H11N3S2. The second-order valence-corrected chi connectivity index (χ2v) is 4.52. The molecule has 0 amide bonds. The van der Waals surface area contributed by atoms with E-state index in [2.05, 4.69) is 39.3 Å². The van der Waals surface area contributed by atoms with Gasteiger partial charge in [-0.1, -0.05) is 18.3 Å². The number of nitrogens with zero attached hydrogens (tertiary/aromatic N) is 2. The van der Waals surface area contributed by atoms with Gasteiger partial charge in [-0.15, -0.1) is 10.2 Å². The number of hydrogen-bond acceptors (Lipinski definition) is 5. The van der Waals surface area contributed by atoms with Gasteiger partial charge >= 0.3 is 0 Å². The van der Waals surface area contributed by atoms with Crippen LogP contribution in [0.1, 0.15) is 24.9 Å². The molecule has 1 N–H and O–H groups in total. The van der Waals surface area contributed by atoms with Gasteiger partial charge in [0.1, 0.15) is 5.51 Å². The molecule has 14 heavy (non-hydrogen) atoms. The Bertz CT molecular complexity index is 355. The lowest BCUT2D eigenvalue weighted by molar-refractivity contribution is 0.749. The van der Waals surface area contributed by atoms with E-state index in [9.17, 15) is 0 Å². The Morgan fingerprint density at radius 3 is 3.07 bits per heavy atom. The van der Waals surface area contributed by atoms with Crippen LogP contribution in [-0.4, -0.2) is 10.2 Å². The zero-order chi connectivity index (χ0) is 9.80. The first-order valence-corrected chi connectivity index (χ1v) is 6.27. The molecule has 74 valence electrons. The Morgan fingerprint density at radius 1 is 1.57 bits per heavy atom. The summed E-state index contributed by atoms with van der Waals surface area (Å²) in [5.41, 5.74) is 3.07. The van der Waals surface area contributed by atoms with E-state index in [4.69, 9.17) is 0 Å². The van der Waals surface area contributed by atoms with Crippen LogP contribution < -0.4 is 5.32 Å². The molecule has 3 nitrogen and oxygen atoms in total. The average Bonchev–Trinajstić information content (AvgIpc) is 2.86. The van der Waals surface area contributed by atoms with Gasteiger partial charge in [-0.2, -0.15) is 11.3 Å². The van der Waals surface area contributed by atoms with Gasteiger partial charge in [-0.3, -0.25) is 0 Å². The lowest BCUT2D eigenvalue weighted by Crippen LogP contribution is -2.08. The molecule has 2 aromatic rings. The van der Waals surface area contributed by atoms with E-state index < -0.39 is 0 Å². The molecule has 0 bridgehead atoms. The van der Waals surface area contributed by atoms with E-state index in [1.807, 2.05) is 0 Å². The highest BCUT2D eigenvalue weighted by atomic mass is 32.1. The maximum Gasteiger partial charge on any atom is 0.205 e. The van der Waals surface area contributed by atoms with Gasteiger partial charge in [0.05, 0.1) is 6.04 Å². The first-order chi connectivity index (χ1) is 6.90. The molecule has 0 fully saturated rings. The zero-order valence-electron chi connectivity index (χ0n) is 7.80. The predicted molar refractivity (Wildman–Crippen MR) is 60.9 cm³/mol. The molecule has 1 unspecified atom stereocenters. The second-order valence-electron chi connectivity index (χ2n) is 2.91. The van der Waals surface area contributed by atoms with E-state index >= 15 is 0 Å². The molecule has 2 aromatic heterocycles. The summed E-state index contributed by atoms with van der Waals surface area (Å²) in [6, 6.07) is 2.50. The van der Waals surface area contributed by atoms with E-state index in [0.717, 1.165) is 11.6 Å². The molecule has 0 spiro atoms. The van der Waals surface area contributed by atoms with Gasteiger partial charge in [0.25, 0.3) is 0 Å². The molecule has 0 saturated heterocycles. The summed E-state index contributed by atoms with van der Waals surface area (Å²) in [7, 11) is 0. The SMILES string of the molecule is CCC(Nc1nncs1)c1ccsc1. The molecule has 0 saturated carbocycles. The molecule has 1 atom stereocenters. The van der Waals surface area contributed by atoms with Crippen molar-refractivity contribution < 1.29 is 0 Å². The van der Waals surface area contributed by atoms with E-state index in [1.165, 1.54) is 16.9 Å². The highest BCUT2D eigenvalue weighted by Gasteiger charge is 2.10. The number of nitrogens with one attached hydrogen (secondary N) is 1. The number of aromatic nitrogens is 2. The van der Waals surface area contributed by atoms with Crippen LogP contribution in [0.3, 0.4) is 0 Å². The van der Waals surface area contributed by atoms with Crippen molar-refractivity contribution in [2.24, 2.45) is 0 Å². The maximum absolute atomic E-state index is 3.97. The quantitative estimate of drug-likeness (QED) is 0.868. The highest BCUT2D eigenvalue weighted by Crippen LogP contribution is 2.24. The van der Waals surface area contributed by atoms with Crippen LogP contribution in [0.25, 0.3) is 0 Å². The molecular weight excluding hydrogens is 214 g/mol. The Balaban J connectivity index is 2.08. The number of anilines is 1. The monoisotopic (exact) mass is 225 g/mol. The first kappa shape index (κ1) is 9.61. The lowest BCUT2D eigenvalue weighted by Gasteiger charge is -2.13. The molecule has 0 aromatic carbocycles. The van der Waals surface area contributed by atoms with Gasteiger partial charge in [0, 0.05) is 0 Å². The van der Waals surface area contributed by atoms with Crippen molar-refractivity contribution in [1.82, 2.24) is 10.2 Å². The van der Waals surface area contributed by atoms with Crippen LogP contribution in [0.2, 0.25) is 0 Å². The fourth-order valence-corrected chi connectivity index (χ4v) is 2.49. The standard InChI is InChI=1S/C9H11N3S2/c1-2-8(7-3-4-13-5-7)11-9-12-10-6-14-9/h3-6,8H,2H2,1H3,(H,11,12). The average molecular weight is 225 g/mol. The highest BCUT2D eigenvalue weighted by molar-refractivity contribution is 7.13. The van der Waals surface area contributed by atoms with Crippen molar-refractivity contribution in [3.63, 3.8) is 0 Å². The first-order valence-electron chi connectivity index (χ1n) is 4.45. The predicted octanol–water partition coefficient (Wildman–Crippen LogP) is 3.16. The minimum absolute atomic E-state index is 0.356. The molecule has 2 rings (SSSR count).